The molecule has 2 aromatic rings. The normalized spacial score (nSPS) is 9.50. The van der Waals surface area contributed by atoms with E-state index in [1.54, 1.807) is 6.26 Å². The average molecular weight is 350 g/mol. The zero-order chi connectivity index (χ0) is 10.7. The number of aromatic nitrogens is 1. The van der Waals surface area contributed by atoms with Crippen molar-refractivity contribution in [2.24, 2.45) is 16.5 Å². The van der Waals surface area contributed by atoms with Gasteiger partial charge in [0.25, 0.3) is 0 Å². The summed E-state index contributed by atoms with van der Waals surface area (Å²) in [5, 5.41) is 2.74. The lowest BCUT2D eigenvalue weighted by Gasteiger charge is -1.90. The zero-order valence-electron chi connectivity index (χ0n) is 8.29. The van der Waals surface area contributed by atoms with E-state index in [0.29, 0.717) is 6.54 Å². The van der Waals surface area contributed by atoms with Gasteiger partial charge in [-0.3, -0.25) is 0 Å². The van der Waals surface area contributed by atoms with Gasteiger partial charge >= 0.3 is 0 Å². The second-order valence-corrected chi connectivity index (χ2v) is 3.72. The second-order valence-electron chi connectivity index (χ2n) is 2.86. The summed E-state index contributed by atoms with van der Waals surface area (Å²) in [6.07, 6.45) is 1.62. The van der Waals surface area contributed by atoms with E-state index in [2.05, 4.69) is 9.98 Å². The first-order valence-electron chi connectivity index (χ1n) is 4.29. The quantitative estimate of drug-likeness (QED) is 0.502. The van der Waals surface area contributed by atoms with Gasteiger partial charge in [-0.15, -0.1) is 35.3 Å². The molecule has 2 aromatic heterocycles. The third-order valence-electron chi connectivity index (χ3n) is 1.71. The first-order valence-corrected chi connectivity index (χ1v) is 5.17. The first-order chi connectivity index (χ1) is 7.25. The number of aliphatic imine (C=N–C) groups is 1. The van der Waals surface area contributed by atoms with Crippen LogP contribution < -0.4 is 11.5 Å². The third kappa shape index (κ3) is 3.20. The maximum absolute atomic E-state index is 5.23. The molecule has 0 spiro atoms. The Bertz CT molecular complexity index is 462. The van der Waals surface area contributed by atoms with Crippen LogP contribution in [0.5, 0.6) is 0 Å². The molecular formula is C9H11IN4OS. The van der Waals surface area contributed by atoms with Crippen LogP contribution >= 0.6 is 35.3 Å². The molecule has 0 bridgehead atoms. The first kappa shape index (κ1) is 13.0. The predicted octanol–water partition coefficient (Wildman–Crippen LogP) is 1.79. The van der Waals surface area contributed by atoms with E-state index in [1.165, 1.54) is 11.3 Å². The number of guanidine groups is 1. The van der Waals surface area contributed by atoms with Gasteiger partial charge in [0.2, 0.25) is 0 Å². The molecule has 0 saturated carbocycles. The maximum atomic E-state index is 5.23. The Labute approximate surface area is 114 Å². The van der Waals surface area contributed by atoms with Crippen molar-refractivity contribution in [2.45, 2.75) is 6.54 Å². The summed E-state index contributed by atoms with van der Waals surface area (Å²) in [5.74, 6) is 0.832. The Kier molecular flexibility index (Phi) is 4.74. The number of thiazole rings is 1. The molecule has 0 atom stereocenters. The summed E-state index contributed by atoms with van der Waals surface area (Å²) in [5.41, 5.74) is 11.3. The molecule has 86 valence electrons. The van der Waals surface area contributed by atoms with E-state index < -0.39 is 0 Å². The van der Waals surface area contributed by atoms with Gasteiger partial charge in [-0.25, -0.2) is 9.98 Å². The fourth-order valence-corrected chi connectivity index (χ4v) is 1.84. The van der Waals surface area contributed by atoms with Gasteiger partial charge in [0.15, 0.2) is 16.7 Å². The topological polar surface area (TPSA) is 90.4 Å². The van der Waals surface area contributed by atoms with Crippen molar-refractivity contribution in [3.63, 3.8) is 0 Å². The van der Waals surface area contributed by atoms with E-state index in [-0.39, 0.29) is 29.9 Å². The lowest BCUT2D eigenvalue weighted by molar-refractivity contribution is 0.581. The molecule has 4 N–H and O–H groups in total. The number of hydrogen-bond donors (Lipinski definition) is 2. The number of nitrogens with zero attached hydrogens (tertiary/aromatic N) is 2. The summed E-state index contributed by atoms with van der Waals surface area (Å²) in [7, 11) is 0. The standard InChI is InChI=1S/C9H10N4OS.HI/c10-9(11)12-4-6-5-15-8(13-6)7-2-1-3-14-7;/h1-3,5H,4H2,(H4,10,11,12);1H. The predicted molar refractivity (Wildman–Crippen MR) is 74.7 cm³/mol. The molecule has 0 radical (unpaired) electrons. The highest BCUT2D eigenvalue weighted by atomic mass is 127. The smallest absolute Gasteiger partial charge is 0.186 e. The molecule has 16 heavy (non-hydrogen) atoms. The average Bonchev–Trinajstić information content (AvgIpc) is 2.85. The van der Waals surface area contributed by atoms with Crippen molar-refractivity contribution in [3.05, 3.63) is 29.5 Å². The van der Waals surface area contributed by atoms with Gasteiger partial charge in [-0.1, -0.05) is 0 Å². The van der Waals surface area contributed by atoms with Crippen molar-refractivity contribution in [1.82, 2.24) is 4.98 Å². The monoisotopic (exact) mass is 350 g/mol. The number of hydrogen-bond acceptors (Lipinski definition) is 4. The molecule has 0 aliphatic heterocycles. The fourth-order valence-electron chi connectivity index (χ4n) is 1.07. The molecule has 2 heterocycles. The molecular weight excluding hydrogens is 339 g/mol. The van der Waals surface area contributed by atoms with E-state index in [4.69, 9.17) is 15.9 Å². The van der Waals surface area contributed by atoms with Crippen LogP contribution in [-0.4, -0.2) is 10.9 Å². The molecule has 0 aliphatic carbocycles. The molecule has 0 aromatic carbocycles. The highest BCUT2D eigenvalue weighted by molar-refractivity contribution is 14.0. The van der Waals surface area contributed by atoms with E-state index in [0.717, 1.165) is 16.5 Å². The Hall–Kier alpha value is -1.09. The van der Waals surface area contributed by atoms with Crippen molar-refractivity contribution in [1.29, 1.82) is 0 Å². The van der Waals surface area contributed by atoms with Crippen molar-refractivity contribution >= 4 is 41.3 Å². The summed E-state index contributed by atoms with van der Waals surface area (Å²) in [4.78, 5) is 8.21. The van der Waals surface area contributed by atoms with Crippen LogP contribution in [0.1, 0.15) is 5.69 Å². The minimum atomic E-state index is 0. The maximum Gasteiger partial charge on any atom is 0.186 e. The molecule has 0 aliphatic rings. The van der Waals surface area contributed by atoms with E-state index >= 15 is 0 Å². The van der Waals surface area contributed by atoms with Crippen LogP contribution in [-0.2, 0) is 6.54 Å². The molecule has 0 saturated heterocycles. The summed E-state index contributed by atoms with van der Waals surface area (Å²) < 4.78 is 5.22. The Morgan fingerprint density at radius 2 is 2.31 bits per heavy atom. The Balaban J connectivity index is 0.00000128. The number of halogens is 1. The summed E-state index contributed by atoms with van der Waals surface area (Å²) >= 11 is 1.50. The Morgan fingerprint density at radius 3 is 2.94 bits per heavy atom. The third-order valence-corrected chi connectivity index (χ3v) is 2.61. The largest absolute Gasteiger partial charge is 0.462 e. The molecule has 5 nitrogen and oxygen atoms in total. The van der Waals surface area contributed by atoms with Gasteiger partial charge in [0.05, 0.1) is 18.5 Å². The highest BCUT2D eigenvalue weighted by Crippen LogP contribution is 2.23. The summed E-state index contributed by atoms with van der Waals surface area (Å²) in [6, 6.07) is 3.69. The molecule has 0 fully saturated rings. The van der Waals surface area contributed by atoms with E-state index in [9.17, 15) is 0 Å². The van der Waals surface area contributed by atoms with Crippen molar-refractivity contribution < 1.29 is 4.42 Å². The minimum absolute atomic E-state index is 0. The molecule has 2 rings (SSSR count). The SMILES string of the molecule is I.NC(N)=NCc1csc(-c2ccco2)n1. The van der Waals surface area contributed by atoms with Gasteiger partial charge in [0.1, 0.15) is 0 Å². The lowest BCUT2D eigenvalue weighted by atomic mass is 10.4. The van der Waals surface area contributed by atoms with Crippen molar-refractivity contribution in [2.75, 3.05) is 0 Å². The second kappa shape index (κ2) is 5.85. The molecule has 0 unspecified atom stereocenters. The van der Waals surface area contributed by atoms with Crippen LogP contribution in [0.15, 0.2) is 33.2 Å². The van der Waals surface area contributed by atoms with Crippen LogP contribution in [0.4, 0.5) is 0 Å². The molecule has 7 heteroatoms. The van der Waals surface area contributed by atoms with Crippen LogP contribution in [0, 0.1) is 0 Å². The van der Waals surface area contributed by atoms with E-state index in [1.807, 2.05) is 17.5 Å². The minimum Gasteiger partial charge on any atom is -0.462 e. The molecule has 0 amide bonds. The van der Waals surface area contributed by atoms with Crippen molar-refractivity contribution in [3.8, 4) is 10.8 Å². The van der Waals surface area contributed by atoms with Gasteiger partial charge < -0.3 is 15.9 Å². The van der Waals surface area contributed by atoms with Gasteiger partial charge in [0, 0.05) is 5.38 Å². The number of furan rings is 1. The number of rotatable bonds is 3. The Morgan fingerprint density at radius 1 is 1.50 bits per heavy atom. The van der Waals surface area contributed by atoms with Crippen LogP contribution in [0.25, 0.3) is 10.8 Å². The van der Waals surface area contributed by atoms with Crippen LogP contribution in [0.2, 0.25) is 0 Å². The zero-order valence-corrected chi connectivity index (χ0v) is 11.4. The van der Waals surface area contributed by atoms with Crippen LogP contribution in [0.3, 0.4) is 0 Å². The highest BCUT2D eigenvalue weighted by Gasteiger charge is 2.06. The summed E-state index contributed by atoms with van der Waals surface area (Å²) in [6.45, 7) is 0.402. The van der Waals surface area contributed by atoms with Gasteiger partial charge in [-0.2, -0.15) is 0 Å². The lowest BCUT2D eigenvalue weighted by Crippen LogP contribution is -2.22. The fraction of sp³-hybridized carbons (Fsp3) is 0.111. The van der Waals surface area contributed by atoms with Gasteiger partial charge in [-0.05, 0) is 12.1 Å². The number of nitrogens with two attached hydrogens (primary N) is 2.